The minimum atomic E-state index is -1.08. The zero-order valence-electron chi connectivity index (χ0n) is 14.7. The molecule has 0 aliphatic rings. The molecule has 3 rings (SSSR count). The van der Waals surface area contributed by atoms with Gasteiger partial charge in [-0.2, -0.15) is 0 Å². The van der Waals surface area contributed by atoms with Gasteiger partial charge in [0.15, 0.2) is 10.8 Å². The van der Waals surface area contributed by atoms with E-state index in [0.29, 0.717) is 35.4 Å². The third-order valence-electron chi connectivity index (χ3n) is 4.34. The van der Waals surface area contributed by atoms with Crippen LogP contribution in [0, 0.1) is 17.7 Å². The molecule has 1 aromatic carbocycles. The maximum atomic E-state index is 13.5. The highest BCUT2D eigenvalue weighted by Gasteiger charge is 2.19. The number of aryl methyl sites for hydroxylation is 1. The Bertz CT molecular complexity index is 1030. The Morgan fingerprint density at radius 1 is 1.23 bits per heavy atom. The lowest BCUT2D eigenvalue weighted by molar-refractivity contribution is 0.0931. The minimum absolute atomic E-state index is 0.161. The van der Waals surface area contributed by atoms with Crippen molar-refractivity contribution in [1.82, 2.24) is 19.5 Å². The fourth-order valence-electron chi connectivity index (χ4n) is 2.57. The van der Waals surface area contributed by atoms with Crippen molar-refractivity contribution in [3.63, 3.8) is 0 Å². The van der Waals surface area contributed by atoms with Crippen molar-refractivity contribution in [1.29, 1.82) is 0 Å². The Balaban J connectivity index is 2.12. The van der Waals surface area contributed by atoms with Crippen LogP contribution in [0.15, 0.2) is 24.3 Å². The maximum Gasteiger partial charge on any atom is 0.208 e. The Morgan fingerprint density at radius 3 is 2.62 bits per heavy atom. The molecule has 0 aliphatic carbocycles. The van der Waals surface area contributed by atoms with Gasteiger partial charge < -0.3 is 9.67 Å². The van der Waals surface area contributed by atoms with Crippen LogP contribution in [0.5, 0.6) is 0 Å². The lowest BCUT2D eigenvalue weighted by Gasteiger charge is -2.16. The lowest BCUT2D eigenvalue weighted by atomic mass is 9.98. The number of rotatable bonds is 3. The third-order valence-corrected chi connectivity index (χ3v) is 4.60. The normalized spacial score (nSPS) is 11.5. The molecule has 1 N–H and O–H groups in total. The molecule has 2 aromatic heterocycles. The average Bonchev–Trinajstić information content (AvgIpc) is 2.97. The van der Waals surface area contributed by atoms with Gasteiger partial charge in [-0.1, -0.05) is 43.5 Å². The Labute approximate surface area is 155 Å². The fraction of sp³-hybridized carbons (Fsp3) is 0.316. The lowest BCUT2D eigenvalue weighted by Crippen LogP contribution is -2.23. The monoisotopic (exact) mass is 372 g/mol. The van der Waals surface area contributed by atoms with Crippen LogP contribution in [0.25, 0.3) is 22.6 Å². The summed E-state index contributed by atoms with van der Waals surface area (Å²) >= 11 is 6.25. The van der Waals surface area contributed by atoms with Crippen molar-refractivity contribution in [3.05, 3.63) is 41.1 Å². The molecule has 134 valence electrons. The second-order valence-corrected chi connectivity index (χ2v) is 6.36. The van der Waals surface area contributed by atoms with Crippen molar-refractivity contribution in [2.24, 2.45) is 7.05 Å². The molecule has 26 heavy (non-hydrogen) atoms. The van der Waals surface area contributed by atoms with Crippen LogP contribution in [0.2, 0.25) is 5.15 Å². The summed E-state index contributed by atoms with van der Waals surface area (Å²) in [6, 6.07) is 6.14. The van der Waals surface area contributed by atoms with Crippen LogP contribution in [-0.4, -0.2) is 30.2 Å². The van der Waals surface area contributed by atoms with E-state index in [-0.39, 0.29) is 16.8 Å². The largest absolute Gasteiger partial charge is 0.378 e. The number of aromatic nitrogens is 4. The molecule has 0 atom stereocenters. The Hall–Kier alpha value is -2.49. The summed E-state index contributed by atoms with van der Waals surface area (Å²) in [5.74, 6) is 5.99. The summed E-state index contributed by atoms with van der Waals surface area (Å²) in [6.45, 7) is 3.73. The first kappa shape index (κ1) is 18.3. The molecule has 5 nitrogen and oxygen atoms in total. The summed E-state index contributed by atoms with van der Waals surface area (Å²) in [6.07, 6.45) is 1.00. The molecular weight excluding hydrogens is 355 g/mol. The molecular formula is C19H18ClFN4O. The van der Waals surface area contributed by atoms with Crippen molar-refractivity contribution in [2.45, 2.75) is 32.3 Å². The molecule has 7 heteroatoms. The molecule has 3 aromatic rings. The fourth-order valence-corrected chi connectivity index (χ4v) is 2.78. The first-order valence-electron chi connectivity index (χ1n) is 8.28. The number of nitrogens with zero attached hydrogens (tertiary/aromatic N) is 4. The highest BCUT2D eigenvalue weighted by molar-refractivity contribution is 6.33. The zero-order valence-corrected chi connectivity index (χ0v) is 15.5. The van der Waals surface area contributed by atoms with Gasteiger partial charge in [0.25, 0.3) is 0 Å². The van der Waals surface area contributed by atoms with E-state index in [1.54, 1.807) is 23.7 Å². The molecule has 0 saturated heterocycles. The second-order valence-electron chi connectivity index (χ2n) is 6.00. The predicted molar refractivity (Wildman–Crippen MR) is 99.1 cm³/mol. The van der Waals surface area contributed by atoms with Gasteiger partial charge in [0.05, 0.1) is 0 Å². The van der Waals surface area contributed by atoms with Crippen LogP contribution in [0.4, 0.5) is 4.39 Å². The molecule has 0 saturated carbocycles. The molecule has 0 aliphatic heterocycles. The van der Waals surface area contributed by atoms with E-state index in [1.165, 1.54) is 12.1 Å². The van der Waals surface area contributed by atoms with Crippen LogP contribution >= 0.6 is 11.6 Å². The number of aliphatic hydroxyl groups is 1. The molecule has 0 amide bonds. The first-order chi connectivity index (χ1) is 12.4. The molecule has 0 bridgehead atoms. The quantitative estimate of drug-likeness (QED) is 0.562. The summed E-state index contributed by atoms with van der Waals surface area (Å²) in [5, 5.41) is 10.5. The molecule has 2 heterocycles. The van der Waals surface area contributed by atoms with E-state index in [9.17, 15) is 9.50 Å². The van der Waals surface area contributed by atoms with Gasteiger partial charge in [0.2, 0.25) is 5.82 Å². The predicted octanol–water partition coefficient (Wildman–Crippen LogP) is 3.73. The maximum absolute atomic E-state index is 13.5. The van der Waals surface area contributed by atoms with E-state index >= 15 is 0 Å². The van der Waals surface area contributed by atoms with Crippen molar-refractivity contribution in [2.75, 3.05) is 0 Å². The van der Waals surface area contributed by atoms with Gasteiger partial charge in [-0.3, -0.25) is 0 Å². The summed E-state index contributed by atoms with van der Waals surface area (Å²) in [5.41, 5.74) is 0.440. The first-order valence-corrected chi connectivity index (χ1v) is 8.66. The van der Waals surface area contributed by atoms with Gasteiger partial charge >= 0.3 is 0 Å². The Kier molecular flexibility index (Phi) is 4.94. The molecule has 0 unspecified atom stereocenters. The van der Waals surface area contributed by atoms with Gasteiger partial charge in [0, 0.05) is 12.6 Å². The van der Waals surface area contributed by atoms with Crippen molar-refractivity contribution < 1.29 is 9.50 Å². The number of fused-ring (bicyclic) bond motifs is 1. The van der Waals surface area contributed by atoms with Crippen LogP contribution in [0.3, 0.4) is 0 Å². The van der Waals surface area contributed by atoms with E-state index in [2.05, 4.69) is 26.8 Å². The minimum Gasteiger partial charge on any atom is -0.378 e. The van der Waals surface area contributed by atoms with Crippen LogP contribution in [0.1, 0.15) is 32.5 Å². The number of hydrogen-bond acceptors (Lipinski definition) is 4. The average molecular weight is 373 g/mol. The van der Waals surface area contributed by atoms with E-state index in [4.69, 9.17) is 11.6 Å². The van der Waals surface area contributed by atoms with E-state index in [1.807, 2.05) is 13.8 Å². The molecule has 0 spiro atoms. The van der Waals surface area contributed by atoms with Crippen molar-refractivity contribution in [3.8, 4) is 23.2 Å². The van der Waals surface area contributed by atoms with E-state index < -0.39 is 5.60 Å². The van der Waals surface area contributed by atoms with Crippen LogP contribution < -0.4 is 0 Å². The highest BCUT2D eigenvalue weighted by atomic mass is 35.5. The Morgan fingerprint density at radius 2 is 1.96 bits per heavy atom. The van der Waals surface area contributed by atoms with Gasteiger partial charge in [0.1, 0.15) is 22.8 Å². The summed E-state index contributed by atoms with van der Waals surface area (Å²) in [4.78, 5) is 13.0. The standard InChI is InChI=1S/C19H18ClFN4O/c1-4-19(26,5-2)10-9-14-22-16(20)15-18(23-14)25(3)17(24-15)12-7-6-8-13(21)11-12/h6-8,11,26H,4-5H2,1-3H3. The van der Waals surface area contributed by atoms with E-state index in [0.717, 1.165) is 0 Å². The topological polar surface area (TPSA) is 63.8 Å². The number of benzene rings is 1. The van der Waals surface area contributed by atoms with Gasteiger partial charge in [-0.05, 0) is 30.9 Å². The number of imidazole rings is 1. The second kappa shape index (κ2) is 7.02. The smallest absolute Gasteiger partial charge is 0.208 e. The number of hydrogen-bond donors (Lipinski definition) is 1. The zero-order chi connectivity index (χ0) is 18.9. The third kappa shape index (κ3) is 3.41. The molecule has 0 radical (unpaired) electrons. The van der Waals surface area contributed by atoms with Crippen LogP contribution in [-0.2, 0) is 7.05 Å². The summed E-state index contributed by atoms with van der Waals surface area (Å²) in [7, 11) is 1.77. The number of halogens is 2. The van der Waals surface area contributed by atoms with Gasteiger partial charge in [-0.25, -0.2) is 19.3 Å². The molecule has 0 fully saturated rings. The van der Waals surface area contributed by atoms with Crippen molar-refractivity contribution >= 4 is 22.8 Å². The van der Waals surface area contributed by atoms with Gasteiger partial charge in [-0.15, -0.1) is 0 Å². The summed E-state index contributed by atoms with van der Waals surface area (Å²) < 4.78 is 15.2. The SMILES string of the molecule is CCC(O)(C#Cc1nc(Cl)c2nc(-c3cccc(F)c3)n(C)c2n1)CC. The highest BCUT2D eigenvalue weighted by Crippen LogP contribution is 2.26.